The zero-order valence-corrected chi connectivity index (χ0v) is 11.8. The van der Waals surface area contributed by atoms with E-state index in [9.17, 15) is 9.59 Å². The average molecular weight is 292 g/mol. The Hall–Kier alpha value is -2.08. The molecule has 1 aliphatic heterocycles. The molecule has 0 saturated carbocycles. The normalized spacial score (nSPS) is 18.3. The Balaban J connectivity index is 1.89. The van der Waals surface area contributed by atoms with Gasteiger partial charge in [-0.25, -0.2) is 9.59 Å². The van der Waals surface area contributed by atoms with Crippen molar-refractivity contribution in [2.24, 2.45) is 5.92 Å². The number of likely N-dealkylation sites (tertiary alicyclic amines) is 1. The molecule has 1 unspecified atom stereocenters. The molecule has 1 saturated heterocycles. The number of aromatic carboxylic acids is 1. The van der Waals surface area contributed by atoms with Gasteiger partial charge in [-0.05, 0) is 36.5 Å². The van der Waals surface area contributed by atoms with E-state index >= 15 is 0 Å². The van der Waals surface area contributed by atoms with Gasteiger partial charge in [-0.3, -0.25) is 0 Å². The molecule has 2 rings (SSSR count). The van der Waals surface area contributed by atoms with Crippen LogP contribution in [0.3, 0.4) is 0 Å². The number of benzene rings is 1. The molecule has 6 nitrogen and oxygen atoms in total. The number of rotatable bonds is 4. The highest BCUT2D eigenvalue weighted by Crippen LogP contribution is 2.15. The van der Waals surface area contributed by atoms with Crippen LogP contribution in [0.2, 0.25) is 0 Å². The summed E-state index contributed by atoms with van der Waals surface area (Å²) >= 11 is 0. The van der Waals surface area contributed by atoms with Crippen molar-refractivity contribution in [3.63, 3.8) is 0 Å². The second-order valence-corrected chi connectivity index (χ2v) is 5.30. The molecule has 2 amide bonds. The Kier molecular flexibility index (Phi) is 5.16. The zero-order chi connectivity index (χ0) is 15.2. The fourth-order valence-electron chi connectivity index (χ4n) is 2.50. The predicted octanol–water partition coefficient (Wildman–Crippen LogP) is 1.30. The number of hydrogen-bond acceptors (Lipinski definition) is 3. The molecule has 114 valence electrons. The minimum atomic E-state index is -0.981. The molecule has 6 heteroatoms. The standard InChI is InChI=1S/C15H20N2O4/c18-10-12-4-2-6-17(9-12)15(21)16-8-11-3-1-5-13(7-11)14(19)20/h1,3,5,7,12,18H,2,4,6,8-10H2,(H,16,21)(H,19,20). The third-order valence-electron chi connectivity index (χ3n) is 3.68. The second kappa shape index (κ2) is 7.08. The molecule has 1 fully saturated rings. The van der Waals surface area contributed by atoms with Crippen molar-refractivity contribution in [3.8, 4) is 0 Å². The van der Waals surface area contributed by atoms with Crippen LogP contribution in [0.5, 0.6) is 0 Å². The summed E-state index contributed by atoms with van der Waals surface area (Å²) in [5, 5.41) is 20.9. The number of nitrogens with zero attached hydrogens (tertiary/aromatic N) is 1. The molecule has 0 bridgehead atoms. The number of carbonyl (C=O) groups excluding carboxylic acids is 1. The Morgan fingerprint density at radius 1 is 1.38 bits per heavy atom. The van der Waals surface area contributed by atoms with Gasteiger partial charge < -0.3 is 20.4 Å². The molecule has 0 spiro atoms. The van der Waals surface area contributed by atoms with E-state index in [1.54, 1.807) is 23.1 Å². The van der Waals surface area contributed by atoms with Crippen LogP contribution in [0, 0.1) is 5.92 Å². The molecule has 3 N–H and O–H groups in total. The van der Waals surface area contributed by atoms with Crippen LogP contribution in [-0.2, 0) is 6.54 Å². The van der Waals surface area contributed by atoms with Crippen LogP contribution < -0.4 is 5.32 Å². The molecule has 1 heterocycles. The van der Waals surface area contributed by atoms with E-state index in [2.05, 4.69) is 5.32 Å². The van der Waals surface area contributed by atoms with Crippen LogP contribution in [-0.4, -0.2) is 46.8 Å². The minimum absolute atomic E-state index is 0.102. The summed E-state index contributed by atoms with van der Waals surface area (Å²) in [6, 6.07) is 6.33. The van der Waals surface area contributed by atoms with Gasteiger partial charge in [-0.15, -0.1) is 0 Å². The summed E-state index contributed by atoms with van der Waals surface area (Å²) in [5.41, 5.74) is 0.957. The smallest absolute Gasteiger partial charge is 0.335 e. The van der Waals surface area contributed by atoms with Gasteiger partial charge in [-0.1, -0.05) is 12.1 Å². The lowest BCUT2D eigenvalue weighted by Gasteiger charge is -2.31. The maximum absolute atomic E-state index is 12.1. The van der Waals surface area contributed by atoms with Crippen molar-refractivity contribution in [2.75, 3.05) is 19.7 Å². The number of piperidine rings is 1. The summed E-state index contributed by atoms with van der Waals surface area (Å²) in [7, 11) is 0. The first-order valence-electron chi connectivity index (χ1n) is 7.06. The fourth-order valence-corrected chi connectivity index (χ4v) is 2.50. The number of carboxylic acid groups (broad SMARTS) is 1. The van der Waals surface area contributed by atoms with Crippen LogP contribution in [0.15, 0.2) is 24.3 Å². The highest BCUT2D eigenvalue weighted by Gasteiger charge is 2.22. The summed E-state index contributed by atoms with van der Waals surface area (Å²) in [6.45, 7) is 1.65. The van der Waals surface area contributed by atoms with E-state index in [1.165, 1.54) is 6.07 Å². The number of urea groups is 1. The van der Waals surface area contributed by atoms with Gasteiger partial charge in [0.25, 0.3) is 0 Å². The quantitative estimate of drug-likeness (QED) is 0.780. The molecule has 1 aromatic rings. The Labute approximate surface area is 123 Å². The molecule has 1 aliphatic rings. The Morgan fingerprint density at radius 3 is 2.90 bits per heavy atom. The molecule has 0 aliphatic carbocycles. The number of hydrogen-bond donors (Lipinski definition) is 3. The largest absolute Gasteiger partial charge is 0.478 e. The van der Waals surface area contributed by atoms with E-state index in [4.69, 9.17) is 10.2 Å². The van der Waals surface area contributed by atoms with Crippen molar-refractivity contribution < 1.29 is 19.8 Å². The van der Waals surface area contributed by atoms with Crippen molar-refractivity contribution in [1.82, 2.24) is 10.2 Å². The molecule has 1 atom stereocenters. The molecular weight excluding hydrogens is 272 g/mol. The average Bonchev–Trinajstić information content (AvgIpc) is 2.53. The number of aliphatic hydroxyl groups is 1. The fraction of sp³-hybridized carbons (Fsp3) is 0.467. The SMILES string of the molecule is O=C(O)c1cccc(CNC(=O)N2CCCC(CO)C2)c1. The van der Waals surface area contributed by atoms with E-state index in [-0.39, 0.29) is 24.1 Å². The summed E-state index contributed by atoms with van der Waals surface area (Å²) in [5.74, 6) is -0.829. The maximum Gasteiger partial charge on any atom is 0.335 e. The molecule has 1 aromatic carbocycles. The number of nitrogens with one attached hydrogen (secondary N) is 1. The number of aliphatic hydroxyl groups excluding tert-OH is 1. The van der Waals surface area contributed by atoms with E-state index in [0.29, 0.717) is 19.6 Å². The van der Waals surface area contributed by atoms with Gasteiger partial charge in [0, 0.05) is 26.2 Å². The van der Waals surface area contributed by atoms with Gasteiger partial charge in [0.15, 0.2) is 0 Å². The van der Waals surface area contributed by atoms with Crippen LogP contribution in [0.4, 0.5) is 4.79 Å². The Morgan fingerprint density at radius 2 is 2.19 bits per heavy atom. The van der Waals surface area contributed by atoms with Crippen LogP contribution in [0.25, 0.3) is 0 Å². The lowest BCUT2D eigenvalue weighted by Crippen LogP contribution is -2.45. The molecular formula is C15H20N2O4. The predicted molar refractivity (Wildman–Crippen MR) is 77.0 cm³/mol. The number of carboxylic acids is 1. The van der Waals surface area contributed by atoms with Crippen LogP contribution >= 0.6 is 0 Å². The first kappa shape index (κ1) is 15.3. The van der Waals surface area contributed by atoms with Crippen molar-refractivity contribution in [2.45, 2.75) is 19.4 Å². The third-order valence-corrected chi connectivity index (χ3v) is 3.68. The molecule has 0 radical (unpaired) electrons. The van der Waals surface area contributed by atoms with Gasteiger partial charge in [-0.2, -0.15) is 0 Å². The molecule has 0 aromatic heterocycles. The van der Waals surface area contributed by atoms with Crippen LogP contribution in [0.1, 0.15) is 28.8 Å². The zero-order valence-electron chi connectivity index (χ0n) is 11.8. The highest BCUT2D eigenvalue weighted by molar-refractivity contribution is 5.87. The third kappa shape index (κ3) is 4.19. The first-order chi connectivity index (χ1) is 10.1. The van der Waals surface area contributed by atoms with E-state index < -0.39 is 5.97 Å². The lowest BCUT2D eigenvalue weighted by molar-refractivity contribution is 0.0696. The van der Waals surface area contributed by atoms with Crippen molar-refractivity contribution >= 4 is 12.0 Å². The summed E-state index contributed by atoms with van der Waals surface area (Å²) in [4.78, 5) is 24.7. The van der Waals surface area contributed by atoms with E-state index in [1.807, 2.05) is 0 Å². The maximum atomic E-state index is 12.1. The minimum Gasteiger partial charge on any atom is -0.478 e. The van der Waals surface area contributed by atoms with Gasteiger partial charge in [0.2, 0.25) is 0 Å². The summed E-state index contributed by atoms with van der Waals surface area (Å²) < 4.78 is 0. The van der Waals surface area contributed by atoms with Gasteiger partial charge in [0.05, 0.1) is 5.56 Å². The van der Waals surface area contributed by atoms with Crippen molar-refractivity contribution in [3.05, 3.63) is 35.4 Å². The first-order valence-corrected chi connectivity index (χ1v) is 7.06. The Bertz CT molecular complexity index is 518. The van der Waals surface area contributed by atoms with Crippen molar-refractivity contribution in [1.29, 1.82) is 0 Å². The topological polar surface area (TPSA) is 89.9 Å². The van der Waals surface area contributed by atoms with Gasteiger partial charge >= 0.3 is 12.0 Å². The van der Waals surface area contributed by atoms with Gasteiger partial charge in [0.1, 0.15) is 0 Å². The number of amides is 2. The monoisotopic (exact) mass is 292 g/mol. The second-order valence-electron chi connectivity index (χ2n) is 5.30. The lowest BCUT2D eigenvalue weighted by atomic mass is 9.99. The molecule has 21 heavy (non-hydrogen) atoms. The van der Waals surface area contributed by atoms with E-state index in [0.717, 1.165) is 18.4 Å². The highest BCUT2D eigenvalue weighted by atomic mass is 16.4. The summed E-state index contributed by atoms with van der Waals surface area (Å²) in [6.07, 6.45) is 1.84. The number of carbonyl (C=O) groups is 2.